The van der Waals surface area contributed by atoms with Crippen molar-refractivity contribution in [1.29, 1.82) is 0 Å². The maximum Gasteiger partial charge on any atom is 0.224 e. The van der Waals surface area contributed by atoms with Crippen LogP contribution in [0.3, 0.4) is 0 Å². The Hall–Kier alpha value is -1.81. The van der Waals surface area contributed by atoms with Crippen LogP contribution in [0.15, 0.2) is 24.3 Å². The molecule has 18 heavy (non-hydrogen) atoms. The molecule has 94 valence electrons. The molecule has 1 aliphatic rings. The third-order valence-corrected chi connectivity index (χ3v) is 3.25. The number of hydrogen-bond acceptors (Lipinski definition) is 2. The van der Waals surface area contributed by atoms with E-state index in [9.17, 15) is 4.79 Å². The van der Waals surface area contributed by atoms with Gasteiger partial charge in [0.15, 0.2) is 0 Å². The molecule has 2 aromatic rings. The highest BCUT2D eigenvalue weighted by molar-refractivity contribution is 6.01. The number of aromatic amines is 1. The van der Waals surface area contributed by atoms with Gasteiger partial charge in [-0.1, -0.05) is 6.07 Å². The molecule has 4 nitrogen and oxygen atoms in total. The summed E-state index contributed by atoms with van der Waals surface area (Å²) in [5, 5.41) is 4.05. The fourth-order valence-corrected chi connectivity index (χ4v) is 2.27. The minimum Gasteiger partial charge on any atom is -0.381 e. The second-order valence-corrected chi connectivity index (χ2v) is 4.87. The number of H-pyrrole nitrogens is 1. The van der Waals surface area contributed by atoms with Gasteiger partial charge in [0.2, 0.25) is 5.91 Å². The first-order valence-electron chi connectivity index (χ1n) is 6.18. The predicted octanol–water partition coefficient (Wildman–Crippen LogP) is 2.45. The molecule has 0 radical (unpaired) electrons. The van der Waals surface area contributed by atoms with Gasteiger partial charge in [-0.15, -0.1) is 0 Å². The number of fused-ring (bicyclic) bond motifs is 1. The molecule has 0 saturated carbocycles. The summed E-state index contributed by atoms with van der Waals surface area (Å²) in [6.45, 7) is 3.43. The molecular formula is C14H16N2O2. The molecule has 2 heterocycles. The lowest BCUT2D eigenvalue weighted by Gasteiger charge is -2.25. The van der Waals surface area contributed by atoms with Crippen molar-refractivity contribution >= 4 is 22.5 Å². The number of hydrogen-bond donors (Lipinski definition) is 2. The standard InChI is InChI=1S/C14H16N2O2/c1-9-5-11-12(15-9)3-2-4-13(11)16-14(17)6-10-7-18-8-10/h2-5,10,15H,6-8H2,1H3,(H,16,17). The molecule has 2 N–H and O–H groups in total. The van der Waals surface area contributed by atoms with Crippen molar-refractivity contribution in [3.8, 4) is 0 Å². The molecule has 1 amide bonds. The molecule has 1 aliphatic heterocycles. The first-order chi connectivity index (χ1) is 8.72. The fourth-order valence-electron chi connectivity index (χ4n) is 2.27. The van der Waals surface area contributed by atoms with Crippen molar-refractivity contribution in [3.05, 3.63) is 30.0 Å². The second kappa shape index (κ2) is 4.46. The van der Waals surface area contributed by atoms with Crippen molar-refractivity contribution < 1.29 is 9.53 Å². The number of carbonyl (C=O) groups excluding carboxylic acids is 1. The Morgan fingerprint density at radius 2 is 2.33 bits per heavy atom. The molecule has 1 aromatic heterocycles. The van der Waals surface area contributed by atoms with Gasteiger partial charge in [-0.2, -0.15) is 0 Å². The largest absolute Gasteiger partial charge is 0.381 e. The average molecular weight is 244 g/mol. The lowest BCUT2D eigenvalue weighted by molar-refractivity contribution is -0.121. The van der Waals surface area contributed by atoms with Gasteiger partial charge in [0.25, 0.3) is 0 Å². The minimum absolute atomic E-state index is 0.0645. The minimum atomic E-state index is 0.0645. The molecule has 3 rings (SSSR count). The number of nitrogens with one attached hydrogen (secondary N) is 2. The highest BCUT2D eigenvalue weighted by Gasteiger charge is 2.21. The quantitative estimate of drug-likeness (QED) is 0.871. The maximum absolute atomic E-state index is 11.9. The van der Waals surface area contributed by atoms with Crippen LogP contribution in [-0.2, 0) is 9.53 Å². The Balaban J connectivity index is 1.78. The van der Waals surface area contributed by atoms with E-state index in [4.69, 9.17) is 4.74 Å². The molecule has 0 atom stereocenters. The van der Waals surface area contributed by atoms with Crippen molar-refractivity contribution in [3.63, 3.8) is 0 Å². The number of rotatable bonds is 3. The predicted molar refractivity (Wildman–Crippen MR) is 70.6 cm³/mol. The van der Waals surface area contributed by atoms with Gasteiger partial charge in [0.05, 0.1) is 18.9 Å². The van der Waals surface area contributed by atoms with Crippen LogP contribution in [0.25, 0.3) is 10.9 Å². The number of amides is 1. The van der Waals surface area contributed by atoms with Gasteiger partial charge in [0.1, 0.15) is 0 Å². The van der Waals surface area contributed by atoms with Crippen molar-refractivity contribution in [2.45, 2.75) is 13.3 Å². The molecule has 1 aromatic carbocycles. The topological polar surface area (TPSA) is 54.1 Å². The average Bonchev–Trinajstić information content (AvgIpc) is 2.65. The van der Waals surface area contributed by atoms with Crippen molar-refractivity contribution in [1.82, 2.24) is 4.98 Å². The van der Waals surface area contributed by atoms with Crippen LogP contribution < -0.4 is 5.32 Å². The molecule has 1 fully saturated rings. The summed E-state index contributed by atoms with van der Waals surface area (Å²) in [5.41, 5.74) is 3.03. The normalized spacial score (nSPS) is 15.6. The van der Waals surface area contributed by atoms with E-state index < -0.39 is 0 Å². The zero-order chi connectivity index (χ0) is 12.5. The third kappa shape index (κ3) is 2.11. The van der Waals surface area contributed by atoms with Crippen LogP contribution in [0, 0.1) is 12.8 Å². The van der Waals surface area contributed by atoms with Gasteiger partial charge in [-0.3, -0.25) is 4.79 Å². The Morgan fingerprint density at radius 1 is 1.50 bits per heavy atom. The van der Waals surface area contributed by atoms with E-state index >= 15 is 0 Å². The summed E-state index contributed by atoms with van der Waals surface area (Å²) >= 11 is 0. The van der Waals surface area contributed by atoms with Crippen molar-refractivity contribution in [2.75, 3.05) is 18.5 Å². The Labute approximate surface area is 105 Å². The van der Waals surface area contributed by atoms with E-state index in [0.717, 1.165) is 22.3 Å². The number of benzene rings is 1. The molecule has 0 bridgehead atoms. The SMILES string of the molecule is Cc1cc2c(NC(=O)CC3COC3)cccc2[nH]1. The van der Waals surface area contributed by atoms with Crippen LogP contribution in [0.1, 0.15) is 12.1 Å². The molecule has 4 heteroatoms. The fraction of sp³-hybridized carbons (Fsp3) is 0.357. The smallest absolute Gasteiger partial charge is 0.224 e. The first-order valence-corrected chi connectivity index (χ1v) is 6.18. The molecular weight excluding hydrogens is 228 g/mol. The number of anilines is 1. The lowest BCUT2D eigenvalue weighted by Crippen LogP contribution is -2.31. The monoisotopic (exact) mass is 244 g/mol. The van der Waals surface area contributed by atoms with Gasteiger partial charge >= 0.3 is 0 Å². The molecule has 0 spiro atoms. The summed E-state index contributed by atoms with van der Waals surface area (Å²) in [6.07, 6.45) is 0.541. The van der Waals surface area contributed by atoms with E-state index in [1.807, 2.05) is 25.1 Å². The van der Waals surface area contributed by atoms with E-state index in [1.165, 1.54) is 0 Å². The summed E-state index contributed by atoms with van der Waals surface area (Å²) in [6, 6.07) is 7.94. The number of aryl methyl sites for hydroxylation is 1. The molecule has 0 unspecified atom stereocenters. The second-order valence-electron chi connectivity index (χ2n) is 4.87. The van der Waals surface area contributed by atoms with Crippen LogP contribution in [0.5, 0.6) is 0 Å². The summed E-state index contributed by atoms with van der Waals surface area (Å²) in [7, 11) is 0. The van der Waals surface area contributed by atoms with Crippen molar-refractivity contribution in [2.24, 2.45) is 5.92 Å². The maximum atomic E-state index is 11.9. The van der Waals surface area contributed by atoms with Crippen LogP contribution in [-0.4, -0.2) is 24.1 Å². The van der Waals surface area contributed by atoms with Gasteiger partial charge < -0.3 is 15.0 Å². The number of ether oxygens (including phenoxy) is 1. The highest BCUT2D eigenvalue weighted by Crippen LogP contribution is 2.24. The van der Waals surface area contributed by atoms with E-state index in [1.54, 1.807) is 0 Å². The number of aromatic nitrogens is 1. The Kier molecular flexibility index (Phi) is 2.80. The molecule has 0 aliphatic carbocycles. The van der Waals surface area contributed by atoms with Crippen LogP contribution in [0.4, 0.5) is 5.69 Å². The lowest BCUT2D eigenvalue weighted by atomic mass is 10.0. The van der Waals surface area contributed by atoms with Crippen LogP contribution in [0.2, 0.25) is 0 Å². The Bertz CT molecular complexity index is 584. The number of carbonyl (C=O) groups is 1. The van der Waals surface area contributed by atoms with Gasteiger partial charge in [0, 0.05) is 28.9 Å². The van der Waals surface area contributed by atoms with E-state index in [0.29, 0.717) is 25.6 Å². The first kappa shape index (κ1) is 11.3. The third-order valence-electron chi connectivity index (χ3n) is 3.25. The Morgan fingerprint density at radius 3 is 3.06 bits per heavy atom. The summed E-state index contributed by atoms with van der Waals surface area (Å²) in [5.74, 6) is 0.451. The zero-order valence-electron chi connectivity index (χ0n) is 10.3. The summed E-state index contributed by atoms with van der Waals surface area (Å²) < 4.78 is 5.07. The van der Waals surface area contributed by atoms with Gasteiger partial charge in [-0.25, -0.2) is 0 Å². The highest BCUT2D eigenvalue weighted by atomic mass is 16.5. The molecule has 1 saturated heterocycles. The zero-order valence-corrected chi connectivity index (χ0v) is 10.3. The summed E-state index contributed by atoms with van der Waals surface area (Å²) in [4.78, 5) is 15.2. The van der Waals surface area contributed by atoms with Crippen LogP contribution >= 0.6 is 0 Å². The van der Waals surface area contributed by atoms with Gasteiger partial charge in [-0.05, 0) is 25.1 Å². The van der Waals surface area contributed by atoms with E-state index in [-0.39, 0.29) is 5.91 Å². The van der Waals surface area contributed by atoms with E-state index in [2.05, 4.69) is 16.4 Å².